The molecule has 1 aliphatic rings. The van der Waals surface area contributed by atoms with Crippen molar-refractivity contribution in [3.05, 3.63) is 30.1 Å². The molecule has 1 fully saturated rings. The molecule has 27 heavy (non-hydrogen) atoms. The minimum Gasteiger partial charge on any atom is -0.481 e. The van der Waals surface area contributed by atoms with Crippen molar-refractivity contribution in [2.24, 2.45) is 5.92 Å². The van der Waals surface area contributed by atoms with Crippen LogP contribution < -0.4 is 15.6 Å². The Balaban J connectivity index is 1.78. The molecule has 0 saturated carbocycles. The maximum atomic E-state index is 12.9. The number of halogens is 1. The van der Waals surface area contributed by atoms with E-state index in [1.165, 1.54) is 36.1 Å². The van der Waals surface area contributed by atoms with Crippen LogP contribution in [-0.2, 0) is 14.3 Å². The highest BCUT2D eigenvalue weighted by molar-refractivity contribution is 5.86. The summed E-state index contributed by atoms with van der Waals surface area (Å²) in [6.07, 6.45) is -0.0488. The average molecular weight is 381 g/mol. The molecule has 0 aromatic heterocycles. The smallest absolute Gasteiger partial charge is 0.409 e. The van der Waals surface area contributed by atoms with E-state index in [2.05, 4.69) is 10.9 Å². The van der Waals surface area contributed by atoms with Crippen LogP contribution in [0.15, 0.2) is 24.3 Å². The van der Waals surface area contributed by atoms with Gasteiger partial charge < -0.3 is 14.4 Å². The fourth-order valence-electron chi connectivity index (χ4n) is 2.67. The molecule has 0 aliphatic carbocycles. The number of hydrazine groups is 1. The molecule has 9 heteroatoms. The number of carbonyl (C=O) groups excluding carboxylic acids is 3. The summed E-state index contributed by atoms with van der Waals surface area (Å²) in [6.45, 7) is 4.28. The first-order chi connectivity index (χ1) is 12.9. The summed E-state index contributed by atoms with van der Waals surface area (Å²) in [5, 5.41) is 0. The highest BCUT2D eigenvalue weighted by Gasteiger charge is 2.29. The van der Waals surface area contributed by atoms with Crippen molar-refractivity contribution in [2.75, 3.05) is 19.7 Å². The zero-order chi connectivity index (χ0) is 19.8. The third-order valence-electron chi connectivity index (χ3n) is 4.12. The van der Waals surface area contributed by atoms with Gasteiger partial charge >= 0.3 is 6.09 Å². The molecular weight excluding hydrogens is 357 g/mol. The van der Waals surface area contributed by atoms with Gasteiger partial charge in [-0.15, -0.1) is 0 Å². The summed E-state index contributed by atoms with van der Waals surface area (Å²) < 4.78 is 23.2. The van der Waals surface area contributed by atoms with Crippen molar-refractivity contribution < 1.29 is 28.2 Å². The van der Waals surface area contributed by atoms with E-state index in [1.807, 2.05) is 0 Å². The van der Waals surface area contributed by atoms with Crippen molar-refractivity contribution in [3.63, 3.8) is 0 Å². The second-order valence-corrected chi connectivity index (χ2v) is 6.18. The van der Waals surface area contributed by atoms with Crippen LogP contribution in [-0.4, -0.2) is 48.6 Å². The van der Waals surface area contributed by atoms with Crippen molar-refractivity contribution >= 4 is 17.9 Å². The largest absolute Gasteiger partial charge is 0.481 e. The number of ether oxygens (including phenoxy) is 2. The van der Waals surface area contributed by atoms with Gasteiger partial charge in [-0.05, 0) is 51.0 Å². The quantitative estimate of drug-likeness (QED) is 0.756. The maximum absolute atomic E-state index is 12.9. The van der Waals surface area contributed by atoms with Gasteiger partial charge in [0.1, 0.15) is 11.6 Å². The summed E-state index contributed by atoms with van der Waals surface area (Å²) in [7, 11) is 0. The van der Waals surface area contributed by atoms with Crippen LogP contribution in [0.3, 0.4) is 0 Å². The number of likely N-dealkylation sites (tertiary alicyclic amines) is 1. The molecule has 1 heterocycles. The zero-order valence-corrected chi connectivity index (χ0v) is 15.4. The van der Waals surface area contributed by atoms with Crippen LogP contribution in [0.5, 0.6) is 5.75 Å². The van der Waals surface area contributed by atoms with Gasteiger partial charge in [0.2, 0.25) is 5.91 Å². The molecule has 148 valence electrons. The predicted molar refractivity (Wildman–Crippen MR) is 94.1 cm³/mol. The lowest BCUT2D eigenvalue weighted by Gasteiger charge is -2.31. The van der Waals surface area contributed by atoms with Gasteiger partial charge in [0.25, 0.3) is 5.91 Å². The fraction of sp³-hybridized carbons (Fsp3) is 0.500. The Morgan fingerprint density at radius 1 is 1.26 bits per heavy atom. The number of amides is 3. The van der Waals surface area contributed by atoms with Gasteiger partial charge in [0.15, 0.2) is 6.10 Å². The van der Waals surface area contributed by atoms with Crippen molar-refractivity contribution in [1.29, 1.82) is 0 Å². The molecule has 2 N–H and O–H groups in total. The Hall–Kier alpha value is -2.84. The van der Waals surface area contributed by atoms with Crippen molar-refractivity contribution in [2.45, 2.75) is 32.8 Å². The Morgan fingerprint density at radius 3 is 2.63 bits per heavy atom. The fourth-order valence-corrected chi connectivity index (χ4v) is 2.67. The average Bonchev–Trinajstić information content (AvgIpc) is 2.67. The van der Waals surface area contributed by atoms with Gasteiger partial charge in [-0.3, -0.25) is 20.4 Å². The molecule has 1 aromatic rings. The van der Waals surface area contributed by atoms with E-state index in [1.54, 1.807) is 6.92 Å². The van der Waals surface area contributed by atoms with Gasteiger partial charge in [-0.2, -0.15) is 0 Å². The normalized spacial score (nSPS) is 17.6. The van der Waals surface area contributed by atoms with Crippen LogP contribution in [0.1, 0.15) is 26.7 Å². The van der Waals surface area contributed by atoms with Gasteiger partial charge in [-0.1, -0.05) is 0 Å². The van der Waals surface area contributed by atoms with E-state index < -0.39 is 29.8 Å². The first-order valence-electron chi connectivity index (χ1n) is 8.84. The minimum atomic E-state index is -0.891. The Bertz CT molecular complexity index is 667. The third-order valence-corrected chi connectivity index (χ3v) is 4.12. The zero-order valence-electron chi connectivity index (χ0n) is 15.4. The van der Waals surface area contributed by atoms with E-state index in [0.717, 1.165) is 0 Å². The SMILES string of the molecule is CCOC(=O)N1CCC[C@H](C(=O)NNC(=O)[C@@H](C)Oc2ccc(F)cc2)C1. The second kappa shape index (κ2) is 9.75. The van der Waals surface area contributed by atoms with Crippen molar-refractivity contribution in [1.82, 2.24) is 15.8 Å². The van der Waals surface area contributed by atoms with Gasteiger partial charge in [0, 0.05) is 13.1 Å². The number of piperidine rings is 1. The van der Waals surface area contributed by atoms with E-state index in [-0.39, 0.29) is 19.1 Å². The number of nitrogens with zero attached hydrogens (tertiary/aromatic N) is 1. The maximum Gasteiger partial charge on any atom is 0.409 e. The summed E-state index contributed by atoms with van der Waals surface area (Å²) in [5.41, 5.74) is 4.67. The first kappa shape index (κ1) is 20.5. The number of rotatable bonds is 5. The lowest BCUT2D eigenvalue weighted by molar-refractivity contribution is -0.135. The molecule has 1 saturated heterocycles. The lowest BCUT2D eigenvalue weighted by atomic mass is 9.98. The molecule has 0 spiro atoms. The predicted octanol–water partition coefficient (Wildman–Crippen LogP) is 1.61. The van der Waals surface area contributed by atoms with Crippen LogP contribution in [0, 0.1) is 11.7 Å². The number of benzene rings is 1. The lowest BCUT2D eigenvalue weighted by Crippen LogP contribution is -2.52. The highest BCUT2D eigenvalue weighted by atomic mass is 19.1. The number of carbonyl (C=O) groups is 3. The summed E-state index contributed by atoms with van der Waals surface area (Å²) in [6, 6.07) is 5.26. The standard InChI is InChI=1S/C18H24FN3O5/c1-3-26-18(25)22-10-4-5-13(11-22)17(24)21-20-16(23)12(2)27-15-8-6-14(19)7-9-15/h6-9,12-13H,3-5,10-11H2,1-2H3,(H,20,23)(H,21,24)/t12-,13+/m1/s1. The Morgan fingerprint density at radius 2 is 1.96 bits per heavy atom. The Labute approximate surface area is 157 Å². The monoisotopic (exact) mass is 381 g/mol. The minimum absolute atomic E-state index is 0.238. The third kappa shape index (κ3) is 6.12. The number of hydrogen-bond acceptors (Lipinski definition) is 5. The van der Waals surface area contributed by atoms with E-state index in [4.69, 9.17) is 9.47 Å². The molecule has 8 nitrogen and oxygen atoms in total. The van der Waals surface area contributed by atoms with E-state index in [9.17, 15) is 18.8 Å². The Kier molecular flexibility index (Phi) is 7.39. The topological polar surface area (TPSA) is 97.0 Å². The molecule has 1 aromatic carbocycles. The molecule has 2 atom stereocenters. The van der Waals surface area contributed by atoms with Crippen LogP contribution in [0.25, 0.3) is 0 Å². The van der Waals surface area contributed by atoms with E-state index >= 15 is 0 Å². The summed E-state index contributed by atoms with van der Waals surface area (Å²) in [5.74, 6) is -1.44. The van der Waals surface area contributed by atoms with Gasteiger partial charge in [0.05, 0.1) is 12.5 Å². The highest BCUT2D eigenvalue weighted by Crippen LogP contribution is 2.17. The molecule has 0 bridgehead atoms. The summed E-state index contributed by atoms with van der Waals surface area (Å²) >= 11 is 0. The first-order valence-corrected chi connectivity index (χ1v) is 8.84. The van der Waals surface area contributed by atoms with Crippen LogP contribution in [0.4, 0.5) is 9.18 Å². The van der Waals surface area contributed by atoms with Crippen LogP contribution in [0.2, 0.25) is 0 Å². The second-order valence-electron chi connectivity index (χ2n) is 6.18. The van der Waals surface area contributed by atoms with Crippen molar-refractivity contribution in [3.8, 4) is 5.75 Å². The number of hydrogen-bond donors (Lipinski definition) is 2. The summed E-state index contributed by atoms with van der Waals surface area (Å²) in [4.78, 5) is 37.6. The van der Waals surface area contributed by atoms with Crippen LogP contribution >= 0.6 is 0 Å². The van der Waals surface area contributed by atoms with E-state index in [0.29, 0.717) is 25.1 Å². The molecule has 0 unspecified atom stereocenters. The molecule has 2 rings (SSSR count). The molecule has 0 radical (unpaired) electrons. The molecular formula is C18H24FN3O5. The van der Waals surface area contributed by atoms with Gasteiger partial charge in [-0.25, -0.2) is 9.18 Å². The molecule has 1 aliphatic heterocycles. The molecule has 3 amide bonds. The number of nitrogens with one attached hydrogen (secondary N) is 2.